The Bertz CT molecular complexity index is 679. The number of nitrogen functional groups attached to an aromatic ring is 1. The second-order valence-corrected chi connectivity index (χ2v) is 7.21. The molecule has 0 bridgehead atoms. The van der Waals surface area contributed by atoms with Crippen molar-refractivity contribution in [2.45, 2.75) is 38.7 Å². The van der Waals surface area contributed by atoms with E-state index in [1.54, 1.807) is 17.2 Å². The Hall–Kier alpha value is -2.37. The van der Waals surface area contributed by atoms with Crippen LogP contribution in [0.25, 0.3) is 0 Å². The molecule has 1 unspecified atom stereocenters. The van der Waals surface area contributed by atoms with Crippen LogP contribution in [0.1, 0.15) is 32.3 Å². The lowest BCUT2D eigenvalue weighted by atomic mass is 9.98. The summed E-state index contributed by atoms with van der Waals surface area (Å²) >= 11 is 0. The van der Waals surface area contributed by atoms with Crippen LogP contribution in [-0.2, 0) is 20.7 Å². The average Bonchev–Trinajstić information content (AvgIpc) is 2.95. The van der Waals surface area contributed by atoms with Crippen molar-refractivity contribution in [1.29, 1.82) is 0 Å². The predicted molar refractivity (Wildman–Crippen MR) is 89.9 cm³/mol. The number of likely N-dealkylation sites (tertiary alicyclic amines) is 1. The van der Waals surface area contributed by atoms with Gasteiger partial charge in [0.2, 0.25) is 0 Å². The highest BCUT2D eigenvalue weighted by atomic mass is 16.5. The number of ketones is 1. The largest absolute Gasteiger partial charge is 0.481 e. The van der Waals surface area contributed by atoms with Crippen molar-refractivity contribution in [3.05, 3.63) is 35.7 Å². The van der Waals surface area contributed by atoms with E-state index in [0.717, 1.165) is 18.4 Å². The van der Waals surface area contributed by atoms with Crippen LogP contribution in [0.15, 0.2) is 30.2 Å². The summed E-state index contributed by atoms with van der Waals surface area (Å²) in [6, 6.07) is 3.77. The van der Waals surface area contributed by atoms with Crippen LogP contribution in [0.5, 0.6) is 0 Å². The summed E-state index contributed by atoms with van der Waals surface area (Å²) < 4.78 is 5.71. The zero-order valence-corrected chi connectivity index (χ0v) is 14.1. The molecule has 24 heavy (non-hydrogen) atoms. The third kappa shape index (κ3) is 3.75. The molecular formula is C18H23N3O3. The zero-order valence-electron chi connectivity index (χ0n) is 14.1. The molecule has 1 saturated heterocycles. The van der Waals surface area contributed by atoms with Crippen LogP contribution in [0, 0.1) is 5.92 Å². The highest BCUT2D eigenvalue weighted by Crippen LogP contribution is 2.28. The van der Waals surface area contributed by atoms with Crippen LogP contribution >= 0.6 is 0 Å². The maximum absolute atomic E-state index is 12.6. The van der Waals surface area contributed by atoms with Crippen molar-refractivity contribution in [2.75, 3.05) is 18.8 Å². The van der Waals surface area contributed by atoms with Gasteiger partial charge in [-0.2, -0.15) is 0 Å². The molecule has 6 heteroatoms. The number of carbonyl (C=O) groups excluding carboxylic acids is 2. The van der Waals surface area contributed by atoms with Crippen molar-refractivity contribution < 1.29 is 14.3 Å². The second-order valence-electron chi connectivity index (χ2n) is 7.21. The standard InChI is InChI=1S/C18H23N3O3/c1-18(2)9-14(22)8-15(24-18)17(23)21-6-5-13(11-21)7-12-3-4-16(19)20-10-12/h3-4,8,10,13H,5-7,9,11H2,1-2H3,(H2,19,20). The minimum absolute atomic E-state index is 0.0571. The lowest BCUT2D eigenvalue weighted by molar-refractivity contribution is -0.137. The van der Waals surface area contributed by atoms with Crippen LogP contribution in [0.2, 0.25) is 0 Å². The zero-order chi connectivity index (χ0) is 17.3. The topological polar surface area (TPSA) is 85.5 Å². The quantitative estimate of drug-likeness (QED) is 0.912. The van der Waals surface area contributed by atoms with E-state index in [2.05, 4.69) is 4.98 Å². The molecule has 0 radical (unpaired) electrons. The molecular weight excluding hydrogens is 306 g/mol. The Morgan fingerprint density at radius 3 is 2.92 bits per heavy atom. The van der Waals surface area contributed by atoms with Gasteiger partial charge < -0.3 is 15.4 Å². The number of allylic oxidation sites excluding steroid dienone is 1. The number of nitrogens with two attached hydrogens (primary N) is 1. The monoisotopic (exact) mass is 329 g/mol. The predicted octanol–water partition coefficient (Wildman–Crippen LogP) is 1.71. The van der Waals surface area contributed by atoms with Gasteiger partial charge in [0.25, 0.3) is 5.91 Å². The molecule has 1 aromatic rings. The SMILES string of the molecule is CC1(C)CC(=O)C=C(C(=O)N2CCC(Cc3ccc(N)nc3)C2)O1. The lowest BCUT2D eigenvalue weighted by Crippen LogP contribution is -2.38. The van der Waals surface area contributed by atoms with Gasteiger partial charge in [0.05, 0.1) is 0 Å². The molecule has 3 heterocycles. The first-order valence-electron chi connectivity index (χ1n) is 8.26. The van der Waals surface area contributed by atoms with E-state index in [-0.39, 0.29) is 17.4 Å². The molecule has 0 spiro atoms. The van der Waals surface area contributed by atoms with Gasteiger partial charge in [-0.1, -0.05) is 6.07 Å². The number of anilines is 1. The van der Waals surface area contributed by atoms with Gasteiger partial charge >= 0.3 is 0 Å². The summed E-state index contributed by atoms with van der Waals surface area (Å²) in [6.45, 7) is 5.00. The van der Waals surface area contributed by atoms with Crippen LogP contribution in [0.4, 0.5) is 5.82 Å². The molecule has 0 saturated carbocycles. The number of rotatable bonds is 3. The molecule has 3 rings (SSSR count). The number of carbonyl (C=O) groups is 2. The lowest BCUT2D eigenvalue weighted by Gasteiger charge is -2.31. The average molecular weight is 329 g/mol. The minimum Gasteiger partial charge on any atom is -0.481 e. The Balaban J connectivity index is 1.62. The highest BCUT2D eigenvalue weighted by molar-refractivity contribution is 6.01. The summed E-state index contributed by atoms with van der Waals surface area (Å²) in [6.07, 6.45) is 5.22. The number of aromatic nitrogens is 1. The van der Waals surface area contributed by atoms with Gasteiger partial charge in [-0.3, -0.25) is 9.59 Å². The first kappa shape index (κ1) is 16.5. The van der Waals surface area contributed by atoms with E-state index in [4.69, 9.17) is 10.5 Å². The van der Waals surface area contributed by atoms with Crippen molar-refractivity contribution in [3.8, 4) is 0 Å². The molecule has 128 valence electrons. The summed E-state index contributed by atoms with van der Waals surface area (Å²) in [5.41, 5.74) is 6.10. The number of hydrogen-bond donors (Lipinski definition) is 1. The smallest absolute Gasteiger partial charge is 0.289 e. The van der Waals surface area contributed by atoms with Crippen LogP contribution in [-0.4, -0.2) is 40.3 Å². The fourth-order valence-corrected chi connectivity index (χ4v) is 3.32. The molecule has 1 aromatic heterocycles. The third-order valence-electron chi connectivity index (χ3n) is 4.43. The van der Waals surface area contributed by atoms with Crippen molar-refractivity contribution in [3.63, 3.8) is 0 Å². The molecule has 1 amide bonds. The van der Waals surface area contributed by atoms with Gasteiger partial charge in [0, 0.05) is 31.8 Å². The van der Waals surface area contributed by atoms with Crippen LogP contribution < -0.4 is 5.73 Å². The Labute approximate surface area is 141 Å². The molecule has 0 aromatic carbocycles. The van der Waals surface area contributed by atoms with Gasteiger partial charge in [0.15, 0.2) is 11.5 Å². The maximum Gasteiger partial charge on any atom is 0.289 e. The summed E-state index contributed by atoms with van der Waals surface area (Å²) in [5, 5.41) is 0. The van der Waals surface area contributed by atoms with E-state index in [1.807, 2.05) is 19.9 Å². The van der Waals surface area contributed by atoms with Gasteiger partial charge in [-0.25, -0.2) is 4.98 Å². The van der Waals surface area contributed by atoms with Crippen molar-refractivity contribution in [2.24, 2.45) is 5.92 Å². The third-order valence-corrected chi connectivity index (χ3v) is 4.43. The normalized spacial score (nSPS) is 22.9. The highest BCUT2D eigenvalue weighted by Gasteiger charge is 2.35. The van der Waals surface area contributed by atoms with Gasteiger partial charge in [-0.15, -0.1) is 0 Å². The first-order valence-corrected chi connectivity index (χ1v) is 8.26. The summed E-state index contributed by atoms with van der Waals surface area (Å²) in [5.74, 6) is 0.821. The molecule has 1 fully saturated rings. The Kier molecular flexibility index (Phi) is 4.30. The molecule has 2 aliphatic rings. The fourth-order valence-electron chi connectivity index (χ4n) is 3.32. The molecule has 1 atom stereocenters. The van der Waals surface area contributed by atoms with E-state index in [0.29, 0.717) is 31.2 Å². The van der Waals surface area contributed by atoms with E-state index >= 15 is 0 Å². The van der Waals surface area contributed by atoms with Crippen LogP contribution in [0.3, 0.4) is 0 Å². The number of pyridine rings is 1. The first-order chi connectivity index (χ1) is 11.3. The van der Waals surface area contributed by atoms with E-state index in [9.17, 15) is 9.59 Å². The van der Waals surface area contributed by atoms with E-state index in [1.165, 1.54) is 6.08 Å². The molecule has 2 N–H and O–H groups in total. The Morgan fingerprint density at radius 1 is 1.46 bits per heavy atom. The number of ether oxygens (including phenoxy) is 1. The van der Waals surface area contributed by atoms with E-state index < -0.39 is 5.60 Å². The van der Waals surface area contributed by atoms with Crippen molar-refractivity contribution in [1.82, 2.24) is 9.88 Å². The molecule has 6 nitrogen and oxygen atoms in total. The molecule has 2 aliphatic heterocycles. The Morgan fingerprint density at radius 2 is 2.25 bits per heavy atom. The van der Waals surface area contributed by atoms with Gasteiger partial charge in [0.1, 0.15) is 11.4 Å². The minimum atomic E-state index is -0.619. The summed E-state index contributed by atoms with van der Waals surface area (Å²) in [7, 11) is 0. The fraction of sp³-hybridized carbons (Fsp3) is 0.500. The second kappa shape index (κ2) is 6.26. The maximum atomic E-state index is 12.6. The summed E-state index contributed by atoms with van der Waals surface area (Å²) in [4.78, 5) is 30.3. The number of amides is 1. The van der Waals surface area contributed by atoms with Crippen molar-refractivity contribution >= 4 is 17.5 Å². The number of hydrogen-bond acceptors (Lipinski definition) is 5. The number of nitrogens with zero attached hydrogens (tertiary/aromatic N) is 2. The van der Waals surface area contributed by atoms with Gasteiger partial charge in [-0.05, 0) is 44.2 Å². The molecule has 0 aliphatic carbocycles.